The van der Waals surface area contributed by atoms with Crippen LogP contribution in [0.1, 0.15) is 33.4 Å². The van der Waals surface area contributed by atoms with Crippen LogP contribution in [0.3, 0.4) is 0 Å². The molecule has 1 aliphatic rings. The zero-order valence-electron chi connectivity index (χ0n) is 18.1. The Balaban J connectivity index is 1.44. The molecular formula is C24H24N4O3S2. The lowest BCUT2D eigenvalue weighted by atomic mass is 10.0. The standard InChI is InChI=1S/C24H24N4O3S2/c1-28-21(13-16-11-12-33(30,31)15-16)26-27-24(28)32-23(17-7-3-2-4-8-17)22(29)19-14-25-20-10-6-5-9-18(19)20/h2-10,14,16,23,25H,11-13,15H2,1H3. The maximum Gasteiger partial charge on any atom is 0.191 e. The Bertz CT molecular complexity index is 1410. The van der Waals surface area contributed by atoms with E-state index in [1.807, 2.05) is 66.2 Å². The molecule has 2 unspecified atom stereocenters. The molecule has 0 bridgehead atoms. The fourth-order valence-electron chi connectivity index (χ4n) is 4.34. The molecule has 2 aromatic heterocycles. The molecule has 5 rings (SSSR count). The van der Waals surface area contributed by atoms with Crippen molar-refractivity contribution >= 4 is 38.3 Å². The van der Waals surface area contributed by atoms with Crippen molar-refractivity contribution < 1.29 is 13.2 Å². The molecule has 2 aromatic carbocycles. The molecule has 2 atom stereocenters. The van der Waals surface area contributed by atoms with Crippen molar-refractivity contribution in [1.29, 1.82) is 0 Å². The number of carbonyl (C=O) groups is 1. The Morgan fingerprint density at radius 2 is 1.91 bits per heavy atom. The number of benzene rings is 2. The van der Waals surface area contributed by atoms with Crippen LogP contribution in [0.25, 0.3) is 10.9 Å². The van der Waals surface area contributed by atoms with E-state index in [4.69, 9.17) is 0 Å². The van der Waals surface area contributed by atoms with Gasteiger partial charge in [0.25, 0.3) is 0 Å². The molecule has 4 aromatic rings. The molecule has 0 amide bonds. The molecule has 1 N–H and O–H groups in total. The summed E-state index contributed by atoms with van der Waals surface area (Å²) in [4.78, 5) is 16.9. The number of fused-ring (bicyclic) bond motifs is 1. The van der Waals surface area contributed by atoms with E-state index in [9.17, 15) is 13.2 Å². The van der Waals surface area contributed by atoms with Crippen molar-refractivity contribution in [3.63, 3.8) is 0 Å². The minimum atomic E-state index is -2.94. The van der Waals surface area contributed by atoms with Gasteiger partial charge in [-0.25, -0.2) is 8.42 Å². The zero-order valence-corrected chi connectivity index (χ0v) is 19.8. The summed E-state index contributed by atoms with van der Waals surface area (Å²) in [5.41, 5.74) is 2.46. The minimum absolute atomic E-state index is 0.00455. The number of hydrogen-bond donors (Lipinski definition) is 1. The van der Waals surface area contributed by atoms with E-state index in [1.54, 1.807) is 6.20 Å². The average Bonchev–Trinajstić information content (AvgIpc) is 3.50. The number of nitrogens with zero attached hydrogens (tertiary/aromatic N) is 3. The second kappa shape index (κ2) is 8.79. The van der Waals surface area contributed by atoms with Crippen molar-refractivity contribution in [2.45, 2.75) is 23.2 Å². The Morgan fingerprint density at radius 3 is 2.67 bits per heavy atom. The Kier molecular flexibility index (Phi) is 5.84. The van der Waals surface area contributed by atoms with Crippen LogP contribution in [0.5, 0.6) is 0 Å². The maximum atomic E-state index is 13.7. The molecule has 1 aliphatic heterocycles. The molecule has 33 heavy (non-hydrogen) atoms. The fourth-order valence-corrected chi connectivity index (χ4v) is 7.29. The third kappa shape index (κ3) is 4.47. The van der Waals surface area contributed by atoms with Crippen molar-refractivity contribution in [2.75, 3.05) is 11.5 Å². The molecular weight excluding hydrogens is 456 g/mol. The van der Waals surface area contributed by atoms with E-state index in [2.05, 4.69) is 15.2 Å². The molecule has 0 radical (unpaired) electrons. The summed E-state index contributed by atoms with van der Waals surface area (Å²) in [6.45, 7) is 0. The van der Waals surface area contributed by atoms with E-state index in [-0.39, 0.29) is 23.2 Å². The van der Waals surface area contributed by atoms with Crippen LogP contribution in [0.2, 0.25) is 0 Å². The van der Waals surface area contributed by atoms with Gasteiger partial charge in [-0.15, -0.1) is 10.2 Å². The number of aromatic amines is 1. The average molecular weight is 481 g/mol. The number of Topliss-reactive ketones (excluding diaryl/α,β-unsaturated/α-hetero) is 1. The summed E-state index contributed by atoms with van der Waals surface area (Å²) in [6.07, 6.45) is 2.99. The molecule has 1 fully saturated rings. The first-order chi connectivity index (χ1) is 15.9. The van der Waals surface area contributed by atoms with Gasteiger partial charge in [-0.1, -0.05) is 60.3 Å². The monoisotopic (exact) mass is 480 g/mol. The number of carbonyl (C=O) groups excluding carboxylic acids is 1. The summed E-state index contributed by atoms with van der Waals surface area (Å²) >= 11 is 1.37. The predicted octanol–water partition coefficient (Wildman–Crippen LogP) is 3.99. The highest BCUT2D eigenvalue weighted by atomic mass is 32.2. The number of ketones is 1. The fraction of sp³-hybridized carbons (Fsp3) is 0.292. The summed E-state index contributed by atoms with van der Waals surface area (Å²) < 4.78 is 25.5. The van der Waals surface area contributed by atoms with Gasteiger partial charge in [0, 0.05) is 36.1 Å². The molecule has 0 spiro atoms. The second-order valence-electron chi connectivity index (χ2n) is 8.45. The van der Waals surface area contributed by atoms with Crippen LogP contribution < -0.4 is 0 Å². The van der Waals surface area contributed by atoms with Crippen LogP contribution in [0.15, 0.2) is 66.0 Å². The minimum Gasteiger partial charge on any atom is -0.360 e. The van der Waals surface area contributed by atoms with Gasteiger partial charge < -0.3 is 9.55 Å². The Labute approximate surface area is 196 Å². The lowest BCUT2D eigenvalue weighted by molar-refractivity contribution is 0.0991. The predicted molar refractivity (Wildman–Crippen MR) is 129 cm³/mol. The first kappa shape index (κ1) is 21.9. The first-order valence-corrected chi connectivity index (χ1v) is 13.5. The summed E-state index contributed by atoms with van der Waals surface area (Å²) in [5, 5.41) is 9.71. The van der Waals surface area contributed by atoms with E-state index >= 15 is 0 Å². The quantitative estimate of drug-likeness (QED) is 0.317. The lowest BCUT2D eigenvalue weighted by Crippen LogP contribution is -2.12. The van der Waals surface area contributed by atoms with E-state index in [0.29, 0.717) is 23.6 Å². The third-order valence-corrected chi connectivity index (χ3v) is 9.27. The molecule has 0 saturated carbocycles. The van der Waals surface area contributed by atoms with Gasteiger partial charge in [-0.05, 0) is 24.0 Å². The van der Waals surface area contributed by atoms with E-state index in [0.717, 1.165) is 22.3 Å². The number of sulfone groups is 1. The first-order valence-electron chi connectivity index (χ1n) is 10.8. The van der Waals surface area contributed by atoms with Gasteiger partial charge in [0.2, 0.25) is 0 Å². The molecule has 0 aliphatic carbocycles. The number of para-hydroxylation sites is 1. The van der Waals surface area contributed by atoms with Gasteiger partial charge in [0.1, 0.15) is 11.1 Å². The van der Waals surface area contributed by atoms with Gasteiger partial charge in [-0.3, -0.25) is 4.79 Å². The van der Waals surface area contributed by atoms with Gasteiger partial charge in [0.15, 0.2) is 20.8 Å². The molecule has 9 heteroatoms. The van der Waals surface area contributed by atoms with Gasteiger partial charge in [0.05, 0.1) is 11.5 Å². The Hall–Kier alpha value is -2.91. The van der Waals surface area contributed by atoms with Gasteiger partial charge >= 0.3 is 0 Å². The SMILES string of the molecule is Cn1c(CC2CCS(=O)(=O)C2)nnc1SC(C(=O)c1c[nH]c2ccccc12)c1ccccc1. The zero-order chi connectivity index (χ0) is 23.0. The third-order valence-electron chi connectivity index (χ3n) is 6.14. The highest BCUT2D eigenvalue weighted by molar-refractivity contribution is 8.00. The summed E-state index contributed by atoms with van der Waals surface area (Å²) in [5.74, 6) is 1.25. The normalized spacial score (nSPS) is 18.5. The largest absolute Gasteiger partial charge is 0.360 e. The molecule has 1 saturated heterocycles. The number of H-pyrrole nitrogens is 1. The van der Waals surface area contributed by atoms with Gasteiger partial charge in [-0.2, -0.15) is 0 Å². The molecule has 3 heterocycles. The van der Waals surface area contributed by atoms with Crippen molar-refractivity contribution in [3.05, 3.63) is 77.7 Å². The summed E-state index contributed by atoms with van der Waals surface area (Å²) in [7, 11) is -1.07. The Morgan fingerprint density at radius 1 is 1.15 bits per heavy atom. The van der Waals surface area contributed by atoms with E-state index in [1.165, 1.54) is 11.8 Å². The number of aromatic nitrogens is 4. The van der Waals surface area contributed by atoms with Crippen LogP contribution >= 0.6 is 11.8 Å². The smallest absolute Gasteiger partial charge is 0.191 e. The number of hydrogen-bond acceptors (Lipinski definition) is 6. The summed E-state index contributed by atoms with van der Waals surface area (Å²) in [6, 6.07) is 17.4. The maximum absolute atomic E-state index is 13.7. The second-order valence-corrected chi connectivity index (χ2v) is 11.8. The number of thioether (sulfide) groups is 1. The lowest BCUT2D eigenvalue weighted by Gasteiger charge is -2.15. The van der Waals surface area contributed by atoms with E-state index < -0.39 is 15.1 Å². The number of nitrogens with one attached hydrogen (secondary N) is 1. The molecule has 7 nitrogen and oxygen atoms in total. The molecule has 170 valence electrons. The van der Waals surface area contributed by atoms with Crippen LogP contribution in [-0.2, 0) is 23.3 Å². The number of rotatable bonds is 7. The topological polar surface area (TPSA) is 97.7 Å². The van der Waals surface area contributed by atoms with Crippen LogP contribution in [0.4, 0.5) is 0 Å². The van der Waals surface area contributed by atoms with Crippen molar-refractivity contribution in [3.8, 4) is 0 Å². The van der Waals surface area contributed by atoms with Crippen LogP contribution in [-0.4, -0.2) is 45.5 Å². The highest BCUT2D eigenvalue weighted by Gasteiger charge is 2.31. The van der Waals surface area contributed by atoms with Crippen LogP contribution in [0, 0.1) is 5.92 Å². The van der Waals surface area contributed by atoms with Crippen molar-refractivity contribution in [1.82, 2.24) is 19.7 Å². The van der Waals surface area contributed by atoms with Crippen molar-refractivity contribution in [2.24, 2.45) is 13.0 Å². The highest BCUT2D eigenvalue weighted by Crippen LogP contribution is 2.38.